The predicted octanol–water partition coefficient (Wildman–Crippen LogP) is 3.47. The first-order valence-corrected chi connectivity index (χ1v) is 8.10. The Bertz CT molecular complexity index is 542. The van der Waals surface area contributed by atoms with Gasteiger partial charge in [0.2, 0.25) is 0 Å². The van der Waals surface area contributed by atoms with E-state index in [0.717, 1.165) is 12.1 Å². The number of alkyl halides is 3. The average Bonchev–Trinajstić information content (AvgIpc) is 2.52. The van der Waals surface area contributed by atoms with Crippen molar-refractivity contribution in [3.63, 3.8) is 0 Å². The summed E-state index contributed by atoms with van der Waals surface area (Å²) in [5.41, 5.74) is 1.58. The van der Waals surface area contributed by atoms with Crippen molar-refractivity contribution in [2.24, 2.45) is 4.99 Å². The zero-order chi connectivity index (χ0) is 18.7. The third kappa shape index (κ3) is 11.5. The van der Waals surface area contributed by atoms with Gasteiger partial charge in [-0.05, 0) is 25.0 Å². The van der Waals surface area contributed by atoms with Gasteiger partial charge in [0.05, 0.1) is 19.8 Å². The summed E-state index contributed by atoms with van der Waals surface area (Å²) in [5, 5.41) is 6.36. The number of ether oxygens (including phenoxy) is 2. The van der Waals surface area contributed by atoms with E-state index in [2.05, 4.69) is 20.4 Å². The van der Waals surface area contributed by atoms with Gasteiger partial charge in [-0.1, -0.05) is 24.3 Å². The minimum Gasteiger partial charge on any atom is -0.383 e. The fourth-order valence-corrected chi connectivity index (χ4v) is 2.12. The maximum absolute atomic E-state index is 12.1. The largest absolute Gasteiger partial charge is 0.411 e. The van der Waals surface area contributed by atoms with Crippen LogP contribution in [-0.2, 0) is 22.6 Å². The quantitative estimate of drug-likeness (QED) is 0.317. The Labute approximate surface area is 169 Å². The molecule has 0 bridgehead atoms. The van der Waals surface area contributed by atoms with Crippen molar-refractivity contribution in [3.8, 4) is 0 Å². The molecule has 0 aliphatic rings. The van der Waals surface area contributed by atoms with Crippen molar-refractivity contribution < 1.29 is 22.6 Å². The molecule has 0 aliphatic heterocycles. The van der Waals surface area contributed by atoms with E-state index in [0.29, 0.717) is 24.7 Å². The second kappa shape index (κ2) is 13.2. The summed E-state index contributed by atoms with van der Waals surface area (Å²) in [6, 6.07) is 7.28. The lowest BCUT2D eigenvalue weighted by molar-refractivity contribution is -0.176. The van der Waals surface area contributed by atoms with Crippen LogP contribution in [0.4, 0.5) is 13.2 Å². The van der Waals surface area contributed by atoms with Gasteiger partial charge in [0.25, 0.3) is 0 Å². The lowest BCUT2D eigenvalue weighted by Gasteiger charge is -2.17. The summed E-state index contributed by atoms with van der Waals surface area (Å²) in [7, 11) is 1.63. The molecule has 1 atom stereocenters. The molecule has 0 fully saturated rings. The first-order valence-electron chi connectivity index (χ1n) is 8.10. The third-order valence-corrected chi connectivity index (χ3v) is 3.09. The van der Waals surface area contributed by atoms with Crippen molar-refractivity contribution in [1.82, 2.24) is 10.6 Å². The normalized spacial score (nSPS) is 13.1. The Morgan fingerprint density at radius 2 is 1.96 bits per heavy atom. The number of halogens is 4. The summed E-state index contributed by atoms with van der Waals surface area (Å²) in [5.74, 6) is 0.658. The number of rotatable bonds is 9. The summed E-state index contributed by atoms with van der Waals surface area (Å²) in [6.07, 6.45) is -4.31. The molecule has 0 radical (unpaired) electrons. The molecule has 1 aromatic carbocycles. The highest BCUT2D eigenvalue weighted by atomic mass is 127. The predicted molar refractivity (Wildman–Crippen MR) is 107 cm³/mol. The number of nitrogens with zero attached hydrogens (tertiary/aromatic N) is 1. The van der Waals surface area contributed by atoms with Gasteiger partial charge in [0.15, 0.2) is 5.96 Å². The lowest BCUT2D eigenvalue weighted by Crippen LogP contribution is -2.43. The van der Waals surface area contributed by atoms with Crippen LogP contribution >= 0.6 is 24.0 Å². The molecular formula is C17H27F3IN3O2. The zero-order valence-corrected chi connectivity index (χ0v) is 17.6. The van der Waals surface area contributed by atoms with Crippen molar-refractivity contribution in [2.75, 3.05) is 26.9 Å². The molecule has 0 aliphatic carbocycles. The highest BCUT2D eigenvalue weighted by molar-refractivity contribution is 14.0. The molecule has 1 aromatic rings. The summed E-state index contributed by atoms with van der Waals surface area (Å²) < 4.78 is 46.1. The molecule has 1 unspecified atom stereocenters. The number of hydrogen-bond acceptors (Lipinski definition) is 3. The van der Waals surface area contributed by atoms with E-state index >= 15 is 0 Å². The Hall–Kier alpha value is -1.07. The van der Waals surface area contributed by atoms with Crippen molar-refractivity contribution >= 4 is 29.9 Å². The van der Waals surface area contributed by atoms with Crippen LogP contribution in [0.3, 0.4) is 0 Å². The van der Waals surface area contributed by atoms with E-state index < -0.39 is 12.8 Å². The standard InChI is InChI=1S/C17H26F3N3O2.HI/c1-4-21-16(23-13(2)10-24-3)22-9-14-6-5-7-15(8-14)11-25-12-17(18,19)20;/h5-8,13H,4,9-12H2,1-3H3,(H2,21,22,23);1H. The summed E-state index contributed by atoms with van der Waals surface area (Å²) in [4.78, 5) is 4.48. The maximum atomic E-state index is 12.1. The second-order valence-electron chi connectivity index (χ2n) is 5.62. The molecule has 0 spiro atoms. The topological polar surface area (TPSA) is 54.9 Å². The van der Waals surface area contributed by atoms with Crippen LogP contribution in [0, 0.1) is 0 Å². The molecule has 150 valence electrons. The first kappa shape index (κ1) is 24.9. The molecule has 26 heavy (non-hydrogen) atoms. The van der Waals surface area contributed by atoms with Crippen LogP contribution < -0.4 is 10.6 Å². The zero-order valence-electron chi connectivity index (χ0n) is 15.2. The number of benzene rings is 1. The van der Waals surface area contributed by atoms with E-state index in [-0.39, 0.29) is 36.6 Å². The van der Waals surface area contributed by atoms with Gasteiger partial charge in [0, 0.05) is 19.7 Å². The van der Waals surface area contributed by atoms with E-state index in [1.165, 1.54) is 0 Å². The minimum absolute atomic E-state index is 0. The van der Waals surface area contributed by atoms with E-state index in [9.17, 15) is 13.2 Å². The van der Waals surface area contributed by atoms with Gasteiger partial charge < -0.3 is 20.1 Å². The van der Waals surface area contributed by atoms with Crippen LogP contribution in [-0.4, -0.2) is 45.0 Å². The molecule has 0 aromatic heterocycles. The van der Waals surface area contributed by atoms with Crippen LogP contribution in [0.5, 0.6) is 0 Å². The van der Waals surface area contributed by atoms with E-state index in [1.807, 2.05) is 19.9 Å². The SMILES string of the molecule is CCNC(=NCc1cccc(COCC(F)(F)F)c1)NC(C)COC.I. The monoisotopic (exact) mass is 489 g/mol. The molecule has 0 saturated heterocycles. The molecular weight excluding hydrogens is 462 g/mol. The number of nitrogens with one attached hydrogen (secondary N) is 2. The Balaban J connectivity index is 0.00000625. The lowest BCUT2D eigenvalue weighted by atomic mass is 10.1. The molecule has 9 heteroatoms. The van der Waals surface area contributed by atoms with Gasteiger partial charge in [-0.3, -0.25) is 0 Å². The average molecular weight is 489 g/mol. The van der Waals surface area contributed by atoms with Gasteiger partial charge in [-0.25, -0.2) is 4.99 Å². The molecule has 0 amide bonds. The van der Waals surface area contributed by atoms with Crippen LogP contribution in [0.15, 0.2) is 29.3 Å². The highest BCUT2D eigenvalue weighted by Crippen LogP contribution is 2.16. The van der Waals surface area contributed by atoms with Crippen molar-refractivity contribution in [2.45, 2.75) is 39.2 Å². The molecule has 5 nitrogen and oxygen atoms in total. The fourth-order valence-electron chi connectivity index (χ4n) is 2.12. The fraction of sp³-hybridized carbons (Fsp3) is 0.588. The molecule has 0 heterocycles. The Morgan fingerprint density at radius 1 is 1.27 bits per heavy atom. The minimum atomic E-state index is -4.31. The smallest absolute Gasteiger partial charge is 0.383 e. The van der Waals surface area contributed by atoms with Crippen molar-refractivity contribution in [3.05, 3.63) is 35.4 Å². The van der Waals surface area contributed by atoms with Crippen LogP contribution in [0.25, 0.3) is 0 Å². The van der Waals surface area contributed by atoms with Gasteiger partial charge >= 0.3 is 6.18 Å². The molecule has 0 saturated carbocycles. The summed E-state index contributed by atoms with van der Waals surface area (Å²) >= 11 is 0. The Morgan fingerprint density at radius 3 is 2.58 bits per heavy atom. The summed E-state index contributed by atoms with van der Waals surface area (Å²) in [6.45, 7) is 4.29. The second-order valence-corrected chi connectivity index (χ2v) is 5.62. The van der Waals surface area contributed by atoms with Crippen LogP contribution in [0.1, 0.15) is 25.0 Å². The third-order valence-electron chi connectivity index (χ3n) is 3.09. The van der Waals surface area contributed by atoms with Gasteiger partial charge in [0.1, 0.15) is 6.61 Å². The van der Waals surface area contributed by atoms with Gasteiger partial charge in [-0.2, -0.15) is 13.2 Å². The number of methoxy groups -OCH3 is 1. The van der Waals surface area contributed by atoms with E-state index in [4.69, 9.17) is 4.74 Å². The highest BCUT2D eigenvalue weighted by Gasteiger charge is 2.27. The number of hydrogen-bond donors (Lipinski definition) is 2. The first-order chi connectivity index (χ1) is 11.8. The maximum Gasteiger partial charge on any atom is 0.411 e. The van der Waals surface area contributed by atoms with Crippen molar-refractivity contribution in [1.29, 1.82) is 0 Å². The Kier molecular flexibility index (Phi) is 12.6. The molecule has 2 N–H and O–H groups in total. The number of guanidine groups is 1. The number of aliphatic imine (C=N–C) groups is 1. The van der Waals surface area contributed by atoms with E-state index in [1.54, 1.807) is 25.3 Å². The molecule has 1 rings (SSSR count). The van der Waals surface area contributed by atoms with Gasteiger partial charge in [-0.15, -0.1) is 24.0 Å². The van der Waals surface area contributed by atoms with Crippen LogP contribution in [0.2, 0.25) is 0 Å².